The van der Waals surface area contributed by atoms with Crippen LogP contribution in [0.5, 0.6) is 5.75 Å². The van der Waals surface area contributed by atoms with Gasteiger partial charge in [-0.05, 0) is 26.0 Å². The van der Waals surface area contributed by atoms with E-state index < -0.39 is 5.91 Å². The number of rotatable bonds is 6. The zero-order valence-corrected chi connectivity index (χ0v) is 18.0. The average Bonchev–Trinajstić information content (AvgIpc) is 3.42. The molecular weight excluding hydrogens is 426 g/mol. The molecule has 1 amide bonds. The van der Waals surface area contributed by atoms with E-state index in [0.717, 1.165) is 17.0 Å². The molecule has 0 saturated heterocycles. The van der Waals surface area contributed by atoms with Gasteiger partial charge in [-0.15, -0.1) is 11.3 Å². The molecule has 3 heterocycles. The zero-order valence-electron chi connectivity index (χ0n) is 16.5. The van der Waals surface area contributed by atoms with Crippen molar-refractivity contribution >= 4 is 34.0 Å². The number of amides is 1. The predicted molar refractivity (Wildman–Crippen MR) is 114 cm³/mol. The first kappa shape index (κ1) is 20.1. The lowest BCUT2D eigenvalue weighted by molar-refractivity contribution is 0.101. The summed E-state index contributed by atoms with van der Waals surface area (Å²) in [6, 6.07) is 7.12. The highest BCUT2D eigenvalue weighted by Gasteiger charge is 2.22. The number of carbonyl (C=O) groups is 1. The molecule has 0 spiro atoms. The number of benzene rings is 1. The fourth-order valence-electron chi connectivity index (χ4n) is 2.81. The van der Waals surface area contributed by atoms with Crippen LogP contribution in [0.15, 0.2) is 40.4 Å². The van der Waals surface area contributed by atoms with E-state index in [1.807, 2.05) is 31.5 Å². The molecular formula is C20H18ClN5O3S. The van der Waals surface area contributed by atoms with Crippen LogP contribution in [0, 0.1) is 13.8 Å². The number of anilines is 1. The van der Waals surface area contributed by atoms with Gasteiger partial charge in [-0.2, -0.15) is 5.10 Å². The van der Waals surface area contributed by atoms with E-state index >= 15 is 0 Å². The SMILES string of the molecule is Cc1onc(C(=O)Nc2nc(-c3cnn(C)c3C)cs2)c1COc1ccccc1Cl. The predicted octanol–water partition coefficient (Wildman–Crippen LogP) is 4.63. The highest BCUT2D eigenvalue weighted by atomic mass is 35.5. The number of nitrogens with zero attached hydrogens (tertiary/aromatic N) is 4. The number of aromatic nitrogens is 4. The zero-order chi connectivity index (χ0) is 21.3. The Kier molecular flexibility index (Phi) is 5.56. The van der Waals surface area contributed by atoms with E-state index in [-0.39, 0.29) is 12.3 Å². The molecule has 0 atom stereocenters. The van der Waals surface area contributed by atoms with E-state index in [1.54, 1.807) is 29.9 Å². The third-order valence-corrected chi connectivity index (χ3v) is 5.71. The Morgan fingerprint density at radius 3 is 2.87 bits per heavy atom. The van der Waals surface area contributed by atoms with E-state index in [4.69, 9.17) is 20.9 Å². The minimum absolute atomic E-state index is 0.0970. The second-order valence-electron chi connectivity index (χ2n) is 6.54. The second-order valence-corrected chi connectivity index (χ2v) is 7.81. The second kappa shape index (κ2) is 8.29. The van der Waals surface area contributed by atoms with E-state index in [9.17, 15) is 4.79 Å². The molecule has 30 heavy (non-hydrogen) atoms. The topological polar surface area (TPSA) is 95.1 Å². The molecule has 0 aliphatic heterocycles. The highest BCUT2D eigenvalue weighted by molar-refractivity contribution is 7.14. The van der Waals surface area contributed by atoms with Crippen LogP contribution in [0.2, 0.25) is 5.02 Å². The standard InChI is InChI=1S/C20H18ClN5O3S/c1-11-13(8-22-26(11)3)16-10-30-20(23-16)24-19(27)18-14(12(2)29-25-18)9-28-17-7-5-4-6-15(17)21/h4-8,10H,9H2,1-3H3,(H,23,24,27). The Bertz CT molecular complexity index is 1210. The first-order valence-electron chi connectivity index (χ1n) is 9.02. The van der Waals surface area contributed by atoms with Crippen molar-refractivity contribution in [2.75, 3.05) is 5.32 Å². The van der Waals surface area contributed by atoms with Crippen LogP contribution in [-0.4, -0.2) is 25.8 Å². The van der Waals surface area contributed by atoms with Gasteiger partial charge in [0, 0.05) is 23.7 Å². The Hall–Kier alpha value is -3.17. The summed E-state index contributed by atoms with van der Waals surface area (Å²) >= 11 is 7.45. The largest absolute Gasteiger partial charge is 0.487 e. The van der Waals surface area contributed by atoms with Gasteiger partial charge in [0.2, 0.25) is 0 Å². The Balaban J connectivity index is 1.49. The Morgan fingerprint density at radius 1 is 1.33 bits per heavy atom. The van der Waals surface area contributed by atoms with Gasteiger partial charge in [-0.25, -0.2) is 4.98 Å². The molecule has 0 unspecified atom stereocenters. The number of halogens is 1. The third kappa shape index (κ3) is 3.94. The molecule has 0 aliphatic carbocycles. The van der Waals surface area contributed by atoms with Crippen LogP contribution >= 0.6 is 22.9 Å². The Morgan fingerprint density at radius 2 is 2.13 bits per heavy atom. The van der Waals surface area contributed by atoms with Crippen LogP contribution < -0.4 is 10.1 Å². The Labute approximate surface area is 181 Å². The molecule has 0 saturated carbocycles. The van der Waals surface area contributed by atoms with Gasteiger partial charge in [-0.1, -0.05) is 28.9 Å². The number of aryl methyl sites for hydroxylation is 2. The summed E-state index contributed by atoms with van der Waals surface area (Å²) in [6.07, 6.45) is 1.75. The number of nitrogens with one attached hydrogen (secondary N) is 1. The lowest BCUT2D eigenvalue weighted by atomic mass is 10.2. The molecule has 1 aromatic carbocycles. The molecule has 4 aromatic rings. The van der Waals surface area contributed by atoms with Gasteiger partial charge in [0.25, 0.3) is 5.91 Å². The van der Waals surface area contributed by atoms with E-state index in [1.165, 1.54) is 11.3 Å². The summed E-state index contributed by atoms with van der Waals surface area (Å²) in [7, 11) is 1.87. The van der Waals surface area contributed by atoms with Gasteiger partial charge in [0.15, 0.2) is 10.8 Å². The van der Waals surface area contributed by atoms with Crippen molar-refractivity contribution in [3.63, 3.8) is 0 Å². The smallest absolute Gasteiger partial charge is 0.280 e. The average molecular weight is 444 g/mol. The minimum Gasteiger partial charge on any atom is -0.487 e. The summed E-state index contributed by atoms with van der Waals surface area (Å²) in [6.45, 7) is 3.78. The number of hydrogen-bond acceptors (Lipinski definition) is 7. The molecule has 4 rings (SSSR count). The molecule has 0 radical (unpaired) electrons. The first-order chi connectivity index (χ1) is 14.4. The lowest BCUT2D eigenvalue weighted by Crippen LogP contribution is -2.15. The monoisotopic (exact) mass is 443 g/mol. The van der Waals surface area contributed by atoms with Crippen molar-refractivity contribution in [3.8, 4) is 17.0 Å². The molecule has 154 valence electrons. The molecule has 10 heteroatoms. The van der Waals surface area contributed by atoms with Crippen LogP contribution in [0.4, 0.5) is 5.13 Å². The van der Waals surface area contributed by atoms with E-state index in [0.29, 0.717) is 27.2 Å². The molecule has 0 fully saturated rings. The van der Waals surface area contributed by atoms with Crippen molar-refractivity contribution in [1.29, 1.82) is 0 Å². The van der Waals surface area contributed by atoms with Crippen LogP contribution in [0.3, 0.4) is 0 Å². The number of ether oxygens (including phenoxy) is 1. The normalized spacial score (nSPS) is 10.9. The van der Waals surface area contributed by atoms with Crippen molar-refractivity contribution in [2.24, 2.45) is 7.05 Å². The third-order valence-electron chi connectivity index (χ3n) is 4.64. The summed E-state index contributed by atoms with van der Waals surface area (Å²) in [5.41, 5.74) is 3.35. The molecule has 1 N–H and O–H groups in total. The lowest BCUT2D eigenvalue weighted by Gasteiger charge is -2.08. The van der Waals surface area contributed by atoms with Crippen molar-refractivity contribution in [1.82, 2.24) is 19.9 Å². The van der Waals surface area contributed by atoms with Crippen molar-refractivity contribution in [3.05, 3.63) is 63.6 Å². The molecule has 0 bridgehead atoms. The maximum absolute atomic E-state index is 12.8. The van der Waals surface area contributed by atoms with Gasteiger partial charge >= 0.3 is 0 Å². The minimum atomic E-state index is -0.423. The van der Waals surface area contributed by atoms with Gasteiger partial charge < -0.3 is 9.26 Å². The molecule has 8 nitrogen and oxygen atoms in total. The quantitative estimate of drug-likeness (QED) is 0.466. The number of para-hydroxylation sites is 1. The number of carbonyl (C=O) groups excluding carboxylic acids is 1. The fraction of sp³-hybridized carbons (Fsp3) is 0.200. The van der Waals surface area contributed by atoms with Crippen molar-refractivity contribution in [2.45, 2.75) is 20.5 Å². The summed E-state index contributed by atoms with van der Waals surface area (Å²) < 4.78 is 12.7. The first-order valence-corrected chi connectivity index (χ1v) is 10.3. The molecule has 3 aromatic heterocycles. The maximum atomic E-state index is 12.8. The number of hydrogen-bond donors (Lipinski definition) is 1. The summed E-state index contributed by atoms with van der Waals surface area (Å²) in [5.74, 6) is 0.592. The van der Waals surface area contributed by atoms with Crippen LogP contribution in [0.25, 0.3) is 11.3 Å². The van der Waals surface area contributed by atoms with Crippen LogP contribution in [0.1, 0.15) is 27.5 Å². The highest BCUT2D eigenvalue weighted by Crippen LogP contribution is 2.28. The fourth-order valence-corrected chi connectivity index (χ4v) is 3.71. The van der Waals surface area contributed by atoms with Crippen molar-refractivity contribution < 1.29 is 14.1 Å². The van der Waals surface area contributed by atoms with E-state index in [2.05, 4.69) is 20.6 Å². The van der Waals surface area contributed by atoms with Gasteiger partial charge in [0.1, 0.15) is 18.1 Å². The van der Waals surface area contributed by atoms with Gasteiger partial charge in [-0.3, -0.25) is 14.8 Å². The number of thiazole rings is 1. The molecule has 0 aliphatic rings. The van der Waals surface area contributed by atoms with Gasteiger partial charge in [0.05, 0.1) is 22.5 Å². The summed E-state index contributed by atoms with van der Waals surface area (Å²) in [4.78, 5) is 17.3. The maximum Gasteiger partial charge on any atom is 0.280 e. The van der Waals surface area contributed by atoms with Crippen LogP contribution in [-0.2, 0) is 13.7 Å². The summed E-state index contributed by atoms with van der Waals surface area (Å²) in [5, 5.41) is 13.7.